The minimum Gasteiger partial charge on any atom is -0.399 e. The van der Waals surface area contributed by atoms with Crippen LogP contribution in [0.5, 0.6) is 0 Å². The molecule has 20 heavy (non-hydrogen) atoms. The Morgan fingerprint density at radius 1 is 1.40 bits per heavy atom. The number of aromatic nitrogens is 1. The van der Waals surface area contributed by atoms with Crippen LogP contribution in [0.15, 0.2) is 29.3 Å². The molecule has 110 valence electrons. The first-order valence-electron chi connectivity index (χ1n) is 6.16. The highest BCUT2D eigenvalue weighted by Crippen LogP contribution is 2.29. The van der Waals surface area contributed by atoms with E-state index in [-0.39, 0.29) is 11.5 Å². The Morgan fingerprint density at radius 2 is 2.05 bits per heavy atom. The van der Waals surface area contributed by atoms with Crippen molar-refractivity contribution in [2.75, 3.05) is 19.4 Å². The van der Waals surface area contributed by atoms with Crippen molar-refractivity contribution in [1.29, 1.82) is 0 Å². The van der Waals surface area contributed by atoms with Crippen LogP contribution in [0.2, 0.25) is 0 Å². The molecule has 4 N–H and O–H groups in total. The number of nitrogens with zero attached hydrogens (tertiary/aromatic N) is 1. The van der Waals surface area contributed by atoms with Crippen LogP contribution >= 0.6 is 0 Å². The topological polar surface area (TPSA) is 99.4 Å². The Hall–Kier alpha value is -1.57. The van der Waals surface area contributed by atoms with Gasteiger partial charge in [0, 0.05) is 29.8 Å². The highest BCUT2D eigenvalue weighted by Gasteiger charge is 2.34. The third-order valence-corrected chi connectivity index (χ3v) is 5.65. The number of fused-ring (bicyclic) bond motifs is 1. The molecule has 0 saturated heterocycles. The van der Waals surface area contributed by atoms with E-state index in [9.17, 15) is 13.5 Å². The molecule has 1 heterocycles. The van der Waals surface area contributed by atoms with Crippen molar-refractivity contribution in [1.82, 2.24) is 9.29 Å². The number of aliphatic hydroxyl groups excluding tert-OH is 1. The lowest BCUT2D eigenvalue weighted by molar-refractivity contribution is 0.138. The molecule has 2 aromatic rings. The van der Waals surface area contributed by atoms with Crippen molar-refractivity contribution in [2.45, 2.75) is 24.3 Å². The first-order valence-corrected chi connectivity index (χ1v) is 7.60. The Bertz CT molecular complexity index is 734. The highest BCUT2D eigenvalue weighted by atomic mass is 32.2. The van der Waals surface area contributed by atoms with E-state index in [1.165, 1.54) is 17.5 Å². The number of H-pyrrole nitrogens is 1. The smallest absolute Gasteiger partial charge is 0.245 e. The summed E-state index contributed by atoms with van der Waals surface area (Å²) in [7, 11) is -2.27. The third kappa shape index (κ3) is 2.28. The maximum Gasteiger partial charge on any atom is 0.245 e. The molecule has 0 amide bonds. The number of sulfonamides is 1. The van der Waals surface area contributed by atoms with Crippen LogP contribution in [-0.4, -0.2) is 42.0 Å². The minimum absolute atomic E-state index is 0.156. The molecule has 2 rings (SSSR count). The molecule has 0 unspecified atom stereocenters. The number of aromatic amines is 1. The van der Waals surface area contributed by atoms with Gasteiger partial charge in [-0.15, -0.1) is 0 Å². The molecule has 0 atom stereocenters. The van der Waals surface area contributed by atoms with E-state index in [1.54, 1.807) is 32.0 Å². The Morgan fingerprint density at radius 3 is 2.65 bits per heavy atom. The fourth-order valence-corrected chi connectivity index (χ4v) is 3.56. The van der Waals surface area contributed by atoms with Gasteiger partial charge in [-0.25, -0.2) is 8.42 Å². The number of likely N-dealkylation sites (N-methyl/N-ethyl adjacent to an activating group) is 1. The van der Waals surface area contributed by atoms with Crippen LogP contribution in [0.1, 0.15) is 13.8 Å². The molecule has 1 aromatic heterocycles. The van der Waals surface area contributed by atoms with Gasteiger partial charge in [-0.05, 0) is 32.0 Å². The summed E-state index contributed by atoms with van der Waals surface area (Å²) in [5.74, 6) is 0. The first-order chi connectivity index (χ1) is 9.20. The second-order valence-electron chi connectivity index (χ2n) is 5.40. The Balaban J connectivity index is 2.61. The summed E-state index contributed by atoms with van der Waals surface area (Å²) in [6.07, 6.45) is 1.45. The fraction of sp³-hybridized carbons (Fsp3) is 0.385. The summed E-state index contributed by atoms with van der Waals surface area (Å²) in [6, 6.07) is 5.07. The van der Waals surface area contributed by atoms with Crippen LogP contribution in [0, 0.1) is 0 Å². The average Bonchev–Trinajstić information content (AvgIpc) is 2.81. The maximum atomic E-state index is 12.7. The maximum absolute atomic E-state index is 12.7. The summed E-state index contributed by atoms with van der Waals surface area (Å²) >= 11 is 0. The van der Waals surface area contributed by atoms with Crippen LogP contribution in [0.3, 0.4) is 0 Å². The lowest BCUT2D eigenvalue weighted by Gasteiger charge is -2.32. The molecule has 0 spiro atoms. The summed E-state index contributed by atoms with van der Waals surface area (Å²) in [5.41, 5.74) is 6.03. The van der Waals surface area contributed by atoms with E-state index in [1.807, 2.05) is 0 Å². The van der Waals surface area contributed by atoms with Crippen molar-refractivity contribution < 1.29 is 13.5 Å². The van der Waals surface area contributed by atoms with Gasteiger partial charge in [-0.3, -0.25) is 0 Å². The molecule has 0 aliphatic heterocycles. The molecule has 1 aromatic carbocycles. The molecule has 0 aliphatic carbocycles. The summed E-state index contributed by atoms with van der Waals surface area (Å²) in [4.78, 5) is 3.08. The Kier molecular flexibility index (Phi) is 3.53. The number of benzene rings is 1. The SMILES string of the molecule is CN(C(C)(C)CO)S(=O)(=O)c1c[nH]c2ccc(N)cc12. The monoisotopic (exact) mass is 297 g/mol. The number of hydrogen-bond acceptors (Lipinski definition) is 4. The lowest BCUT2D eigenvalue weighted by atomic mass is 10.1. The summed E-state index contributed by atoms with van der Waals surface area (Å²) < 4.78 is 26.5. The van der Waals surface area contributed by atoms with Crippen LogP contribution in [0.25, 0.3) is 10.9 Å². The molecular formula is C13H19N3O3S. The van der Waals surface area contributed by atoms with Crippen molar-refractivity contribution in [3.63, 3.8) is 0 Å². The van der Waals surface area contributed by atoms with E-state index in [2.05, 4.69) is 4.98 Å². The number of hydrogen-bond donors (Lipinski definition) is 3. The molecule has 0 aliphatic rings. The van der Waals surface area contributed by atoms with Crippen LogP contribution < -0.4 is 5.73 Å². The number of nitrogen functional groups attached to an aromatic ring is 1. The number of nitrogens with one attached hydrogen (secondary N) is 1. The molecule has 0 bridgehead atoms. The van der Waals surface area contributed by atoms with Gasteiger partial charge in [0.25, 0.3) is 0 Å². The second kappa shape index (κ2) is 4.76. The second-order valence-corrected chi connectivity index (χ2v) is 7.34. The number of rotatable bonds is 4. The average molecular weight is 297 g/mol. The lowest BCUT2D eigenvalue weighted by Crippen LogP contribution is -2.47. The first kappa shape index (κ1) is 14.8. The van der Waals surface area contributed by atoms with Gasteiger partial charge in [0.15, 0.2) is 0 Å². The zero-order valence-corrected chi connectivity index (χ0v) is 12.5. The van der Waals surface area contributed by atoms with E-state index < -0.39 is 15.6 Å². The van der Waals surface area contributed by atoms with Crippen LogP contribution in [0.4, 0.5) is 5.69 Å². The zero-order valence-electron chi connectivity index (χ0n) is 11.7. The van der Waals surface area contributed by atoms with Gasteiger partial charge >= 0.3 is 0 Å². The predicted octanol–water partition coefficient (Wildman–Crippen LogP) is 1.14. The quantitative estimate of drug-likeness (QED) is 0.737. The van der Waals surface area contributed by atoms with Gasteiger partial charge in [-0.2, -0.15) is 4.31 Å². The largest absolute Gasteiger partial charge is 0.399 e. The summed E-state index contributed by atoms with van der Waals surface area (Å²) in [6.45, 7) is 3.05. The van der Waals surface area contributed by atoms with Gasteiger partial charge in [-0.1, -0.05) is 0 Å². The predicted molar refractivity (Wildman–Crippen MR) is 78.8 cm³/mol. The van der Waals surface area contributed by atoms with Gasteiger partial charge in [0.1, 0.15) is 4.90 Å². The number of nitrogens with two attached hydrogens (primary N) is 1. The molecule has 0 fully saturated rings. The minimum atomic E-state index is -3.72. The van der Waals surface area contributed by atoms with Crippen LogP contribution in [-0.2, 0) is 10.0 Å². The van der Waals surface area contributed by atoms with Crippen molar-refractivity contribution in [2.24, 2.45) is 0 Å². The fourth-order valence-electron chi connectivity index (χ4n) is 1.90. The molecule has 6 nitrogen and oxygen atoms in total. The number of aliphatic hydroxyl groups is 1. The molecular weight excluding hydrogens is 278 g/mol. The van der Waals surface area contributed by atoms with E-state index in [0.29, 0.717) is 16.6 Å². The van der Waals surface area contributed by atoms with Crippen molar-refractivity contribution in [3.8, 4) is 0 Å². The molecule has 0 radical (unpaired) electrons. The number of anilines is 1. The van der Waals surface area contributed by atoms with Gasteiger partial charge in [0.05, 0.1) is 12.1 Å². The standard InChI is InChI=1S/C13H19N3O3S/c1-13(2,8-17)16(3)20(18,19)12-7-15-11-5-4-9(14)6-10(11)12/h4-7,15,17H,8,14H2,1-3H3. The van der Waals surface area contributed by atoms with E-state index in [4.69, 9.17) is 5.73 Å². The van der Waals surface area contributed by atoms with Gasteiger partial charge < -0.3 is 15.8 Å². The third-order valence-electron chi connectivity index (χ3n) is 3.55. The molecule has 7 heteroatoms. The van der Waals surface area contributed by atoms with Gasteiger partial charge in [0.2, 0.25) is 10.0 Å². The normalized spacial score (nSPS) is 13.2. The van der Waals surface area contributed by atoms with Crippen molar-refractivity contribution in [3.05, 3.63) is 24.4 Å². The zero-order chi connectivity index (χ0) is 15.1. The highest BCUT2D eigenvalue weighted by molar-refractivity contribution is 7.89. The van der Waals surface area contributed by atoms with E-state index >= 15 is 0 Å². The summed E-state index contributed by atoms with van der Waals surface area (Å²) in [5, 5.41) is 9.90. The van der Waals surface area contributed by atoms with Crippen molar-refractivity contribution >= 4 is 26.6 Å². The van der Waals surface area contributed by atoms with E-state index in [0.717, 1.165) is 0 Å². The Labute approximate surface area is 118 Å². The molecule has 0 saturated carbocycles.